The Morgan fingerprint density at radius 3 is 2.48 bits per heavy atom. The quantitative estimate of drug-likeness (QED) is 0.461. The van der Waals surface area contributed by atoms with Gasteiger partial charge in [-0.05, 0) is 33.2 Å². The average molecular weight is 380 g/mol. The summed E-state index contributed by atoms with van der Waals surface area (Å²) in [7, 11) is -2.79. The molecule has 12 heteroatoms. The summed E-state index contributed by atoms with van der Waals surface area (Å²) in [6, 6.07) is -1.61. The molecule has 0 bridgehead atoms. The third-order valence-electron chi connectivity index (χ3n) is 4.26. The number of amides is 3. The molecule has 2 rings (SSSR count). The third kappa shape index (κ3) is 5.51. The molecule has 2 aliphatic heterocycles. The van der Waals surface area contributed by atoms with Crippen molar-refractivity contribution in [3.05, 3.63) is 0 Å². The Hall–Kier alpha value is -1.47. The highest BCUT2D eigenvalue weighted by molar-refractivity contribution is 7.80. The van der Waals surface area contributed by atoms with Crippen molar-refractivity contribution in [2.75, 3.05) is 33.2 Å². The third-order valence-corrected chi connectivity index (χ3v) is 4.63. The van der Waals surface area contributed by atoms with Crippen LogP contribution in [0.15, 0.2) is 0 Å². The minimum absolute atomic E-state index is 0.0751. The normalized spacial score (nSPS) is 23.8. The maximum absolute atomic E-state index is 12.3. The number of hydrogen-bond donors (Lipinski definition) is 2. The van der Waals surface area contributed by atoms with Crippen LogP contribution >= 0.6 is 0 Å². The van der Waals surface area contributed by atoms with Crippen LogP contribution in [0.25, 0.3) is 0 Å². The van der Waals surface area contributed by atoms with E-state index in [-0.39, 0.29) is 25.6 Å². The molecular formula is C13H24N4O7S. The molecular weight excluding hydrogens is 356 g/mol. The molecule has 1 atom stereocenters. The highest BCUT2D eigenvalue weighted by Crippen LogP contribution is 2.18. The molecule has 0 aromatic rings. The molecule has 2 N–H and O–H groups in total. The van der Waals surface area contributed by atoms with Crippen molar-refractivity contribution >= 4 is 22.3 Å². The predicted octanol–water partition coefficient (Wildman–Crippen LogP) is -0.621. The van der Waals surface area contributed by atoms with Crippen LogP contribution in [0.5, 0.6) is 0 Å². The molecule has 144 valence electrons. The fourth-order valence-corrected chi connectivity index (χ4v) is 3.26. The highest BCUT2D eigenvalue weighted by Gasteiger charge is 2.39. The Bertz CT molecular complexity index is 591. The van der Waals surface area contributed by atoms with E-state index in [0.717, 1.165) is 30.8 Å². The van der Waals surface area contributed by atoms with Crippen LogP contribution in [0, 0.1) is 0 Å². The molecule has 2 saturated heterocycles. The van der Waals surface area contributed by atoms with E-state index >= 15 is 0 Å². The van der Waals surface area contributed by atoms with Crippen LogP contribution in [-0.4, -0.2) is 85.1 Å². The Balaban J connectivity index is 1.90. The lowest BCUT2D eigenvalue weighted by Gasteiger charge is -2.38. The van der Waals surface area contributed by atoms with Crippen molar-refractivity contribution in [1.29, 1.82) is 0 Å². The fourth-order valence-electron chi connectivity index (χ4n) is 2.89. The topological polar surface area (TPSA) is 129 Å². The molecule has 0 spiro atoms. The molecule has 0 saturated carbocycles. The monoisotopic (exact) mass is 380 g/mol. The van der Waals surface area contributed by atoms with E-state index in [9.17, 15) is 18.0 Å². The number of likely N-dealkylation sites (N-methyl/N-ethyl adjacent to an activating group) is 1. The van der Waals surface area contributed by atoms with E-state index < -0.39 is 28.4 Å². The molecule has 11 nitrogen and oxygen atoms in total. The van der Waals surface area contributed by atoms with Crippen LogP contribution in [0.1, 0.15) is 26.2 Å². The lowest BCUT2D eigenvalue weighted by Crippen LogP contribution is -2.59. The molecule has 0 aromatic heterocycles. The standard InChI is InChI=1S/C13H24N4O7S/c1-3-16-11(6-9-17(13(16)19)24-25(20,21)22)12(18)14-23-10-4-7-15(2)8-5-10/h10-11H,3-9H2,1-2H3,(H,14,18)(H,20,21,22)/t11-/m0/s1. The summed E-state index contributed by atoms with van der Waals surface area (Å²) in [5.74, 6) is -0.472. The first-order valence-corrected chi connectivity index (χ1v) is 9.47. The zero-order chi connectivity index (χ0) is 18.6. The van der Waals surface area contributed by atoms with Crippen molar-refractivity contribution in [2.45, 2.75) is 38.3 Å². The number of hydroxylamine groups is 3. The van der Waals surface area contributed by atoms with Crippen LogP contribution < -0.4 is 5.48 Å². The van der Waals surface area contributed by atoms with Gasteiger partial charge in [-0.25, -0.2) is 10.3 Å². The number of nitrogens with zero attached hydrogens (tertiary/aromatic N) is 3. The summed E-state index contributed by atoms with van der Waals surface area (Å²) in [5.41, 5.74) is 2.41. The predicted molar refractivity (Wildman–Crippen MR) is 85.3 cm³/mol. The Morgan fingerprint density at radius 2 is 1.92 bits per heavy atom. The molecule has 25 heavy (non-hydrogen) atoms. The van der Waals surface area contributed by atoms with Gasteiger partial charge in [0.25, 0.3) is 5.91 Å². The van der Waals surface area contributed by atoms with Gasteiger partial charge >= 0.3 is 16.4 Å². The second kappa shape index (κ2) is 8.27. The van der Waals surface area contributed by atoms with E-state index in [1.165, 1.54) is 0 Å². The van der Waals surface area contributed by atoms with Gasteiger partial charge in [-0.1, -0.05) is 0 Å². The minimum atomic E-state index is -4.81. The zero-order valence-electron chi connectivity index (χ0n) is 14.3. The van der Waals surface area contributed by atoms with E-state index in [1.807, 2.05) is 7.05 Å². The number of rotatable bonds is 6. The number of piperidine rings is 1. The van der Waals surface area contributed by atoms with Crippen LogP contribution in [0.2, 0.25) is 0 Å². The Labute approximate surface area is 146 Å². The zero-order valence-corrected chi connectivity index (χ0v) is 15.1. The molecule has 2 aliphatic rings. The number of urea groups is 1. The molecule has 0 aromatic carbocycles. The molecule has 0 aliphatic carbocycles. The second-order valence-corrected chi connectivity index (χ2v) is 7.07. The Kier molecular flexibility index (Phi) is 6.57. The van der Waals surface area contributed by atoms with Crippen LogP contribution in [0.4, 0.5) is 4.79 Å². The number of nitrogens with one attached hydrogen (secondary N) is 1. The average Bonchev–Trinajstić information content (AvgIpc) is 2.54. The molecule has 3 amide bonds. The number of carbonyl (C=O) groups is 2. The summed E-state index contributed by atoms with van der Waals surface area (Å²) >= 11 is 0. The number of likely N-dealkylation sites (tertiary alicyclic amines) is 1. The van der Waals surface area contributed by atoms with Gasteiger partial charge in [-0.15, -0.1) is 4.28 Å². The summed E-state index contributed by atoms with van der Waals surface area (Å²) in [4.78, 5) is 33.3. The van der Waals surface area contributed by atoms with Crippen molar-refractivity contribution < 1.29 is 31.7 Å². The molecule has 0 radical (unpaired) electrons. The number of hydrogen-bond acceptors (Lipinski definition) is 7. The smallest absolute Gasteiger partial charge is 0.311 e. The molecule has 2 fully saturated rings. The highest BCUT2D eigenvalue weighted by atomic mass is 32.3. The van der Waals surface area contributed by atoms with Crippen molar-refractivity contribution in [3.8, 4) is 0 Å². The van der Waals surface area contributed by atoms with Gasteiger partial charge in [0.2, 0.25) is 0 Å². The van der Waals surface area contributed by atoms with Gasteiger partial charge < -0.3 is 9.80 Å². The van der Waals surface area contributed by atoms with E-state index in [2.05, 4.69) is 14.7 Å². The summed E-state index contributed by atoms with van der Waals surface area (Å²) in [5, 5.41) is 0.514. The van der Waals surface area contributed by atoms with Gasteiger partial charge in [-0.2, -0.15) is 13.5 Å². The lowest BCUT2D eigenvalue weighted by molar-refractivity contribution is -0.149. The Morgan fingerprint density at radius 1 is 1.28 bits per heavy atom. The van der Waals surface area contributed by atoms with Crippen LogP contribution in [0.3, 0.4) is 0 Å². The lowest BCUT2D eigenvalue weighted by atomic mass is 10.1. The van der Waals surface area contributed by atoms with Crippen molar-refractivity contribution in [3.63, 3.8) is 0 Å². The molecule has 0 unspecified atom stereocenters. The minimum Gasteiger partial charge on any atom is -0.311 e. The maximum Gasteiger partial charge on any atom is 0.418 e. The molecule has 2 heterocycles. The first-order chi connectivity index (χ1) is 11.7. The van der Waals surface area contributed by atoms with Gasteiger partial charge in [0, 0.05) is 19.6 Å². The summed E-state index contributed by atoms with van der Waals surface area (Å²) < 4.78 is 34.5. The van der Waals surface area contributed by atoms with Gasteiger partial charge in [0.15, 0.2) is 0 Å². The first kappa shape index (κ1) is 19.8. The van der Waals surface area contributed by atoms with Gasteiger partial charge in [-0.3, -0.25) is 14.2 Å². The first-order valence-electron chi connectivity index (χ1n) is 8.10. The van der Waals surface area contributed by atoms with Crippen molar-refractivity contribution in [2.24, 2.45) is 0 Å². The van der Waals surface area contributed by atoms with Crippen molar-refractivity contribution in [1.82, 2.24) is 20.3 Å². The van der Waals surface area contributed by atoms with E-state index in [1.54, 1.807) is 6.92 Å². The van der Waals surface area contributed by atoms with Gasteiger partial charge in [0.1, 0.15) is 6.04 Å². The van der Waals surface area contributed by atoms with Crippen LogP contribution in [-0.2, 0) is 24.3 Å². The maximum atomic E-state index is 12.3. The summed E-state index contributed by atoms with van der Waals surface area (Å²) in [6.07, 6.45) is 1.66. The second-order valence-electron chi connectivity index (χ2n) is 6.06. The largest absolute Gasteiger partial charge is 0.418 e. The van der Waals surface area contributed by atoms with E-state index in [4.69, 9.17) is 9.39 Å². The SMILES string of the molecule is CCN1C(=O)N(OS(=O)(=O)O)CC[C@H]1C(=O)NOC1CCN(C)CC1. The van der Waals surface area contributed by atoms with Gasteiger partial charge in [0.05, 0.1) is 12.6 Å². The summed E-state index contributed by atoms with van der Waals surface area (Å²) in [6.45, 7) is 3.42. The fraction of sp³-hybridized carbons (Fsp3) is 0.846. The number of carbonyl (C=O) groups excluding carboxylic acids is 2. The van der Waals surface area contributed by atoms with E-state index in [0.29, 0.717) is 5.06 Å².